The molecule has 3 nitrogen and oxygen atoms in total. The molecule has 0 radical (unpaired) electrons. The van der Waals surface area contributed by atoms with Gasteiger partial charge in [0.1, 0.15) is 0 Å². The van der Waals surface area contributed by atoms with Gasteiger partial charge in [-0.1, -0.05) is 20.8 Å². The van der Waals surface area contributed by atoms with Crippen LogP contribution in [0.2, 0.25) is 18.1 Å². The summed E-state index contributed by atoms with van der Waals surface area (Å²) < 4.78 is 5.33. The summed E-state index contributed by atoms with van der Waals surface area (Å²) in [6, 6.07) is 0. The van der Waals surface area contributed by atoms with Gasteiger partial charge < -0.3 is 10.2 Å². The normalized spacial score (nSPS) is 12.8. The number of nitrogens with two attached hydrogens (primary N) is 1. The Morgan fingerprint density at radius 3 is 2.08 bits per heavy atom. The van der Waals surface area contributed by atoms with Crippen molar-refractivity contribution in [3.05, 3.63) is 0 Å². The van der Waals surface area contributed by atoms with Crippen LogP contribution < -0.4 is 5.73 Å². The molecule has 2 N–H and O–H groups in total. The summed E-state index contributed by atoms with van der Waals surface area (Å²) in [5.41, 5.74) is 5.17. The lowest BCUT2D eigenvalue weighted by Crippen LogP contribution is -2.43. The van der Waals surface area contributed by atoms with E-state index in [0.717, 1.165) is 0 Å². The predicted octanol–water partition coefficient (Wildman–Crippen LogP) is 1.49. The molecule has 0 rings (SSSR count). The number of carbonyl (C=O) groups is 1. The van der Waals surface area contributed by atoms with E-state index in [4.69, 9.17) is 10.2 Å². The van der Waals surface area contributed by atoms with Gasteiger partial charge in [0.05, 0.1) is 6.54 Å². The van der Waals surface area contributed by atoms with Crippen LogP contribution in [0.15, 0.2) is 0 Å². The fourth-order valence-electron chi connectivity index (χ4n) is 0.479. The van der Waals surface area contributed by atoms with Crippen molar-refractivity contribution < 1.29 is 9.22 Å². The van der Waals surface area contributed by atoms with Crippen molar-refractivity contribution in [3.63, 3.8) is 0 Å². The number of hydrogen-bond donors (Lipinski definition) is 1. The van der Waals surface area contributed by atoms with E-state index in [0.29, 0.717) is 0 Å². The Morgan fingerprint density at radius 2 is 1.83 bits per heavy atom. The average molecular weight is 189 g/mol. The maximum absolute atomic E-state index is 11.0. The van der Waals surface area contributed by atoms with Crippen molar-refractivity contribution >= 4 is 14.3 Å². The summed E-state index contributed by atoms with van der Waals surface area (Å²) in [7, 11) is -1.92. The molecule has 0 aliphatic rings. The lowest BCUT2D eigenvalue weighted by molar-refractivity contribution is -0.133. The standard InChI is InChI=1S/C8H19NO2Si/c1-8(2,3)12(4,5)11-7(10)6-9/h6,9H2,1-5H3. The molecule has 0 aromatic heterocycles. The molecule has 0 unspecified atom stereocenters. The third-order valence-electron chi connectivity index (χ3n) is 2.34. The molecule has 4 heteroatoms. The first-order valence-corrected chi connectivity index (χ1v) is 7.03. The maximum atomic E-state index is 11.0. The highest BCUT2D eigenvalue weighted by molar-refractivity contribution is 6.75. The van der Waals surface area contributed by atoms with E-state index in [1.165, 1.54) is 0 Å². The molecule has 0 aliphatic heterocycles. The van der Waals surface area contributed by atoms with E-state index in [9.17, 15) is 4.79 Å². The van der Waals surface area contributed by atoms with Gasteiger partial charge in [0.2, 0.25) is 0 Å². The summed E-state index contributed by atoms with van der Waals surface area (Å²) in [6.07, 6.45) is 0. The zero-order valence-corrected chi connectivity index (χ0v) is 9.60. The number of carbonyl (C=O) groups excluding carboxylic acids is 1. The Balaban J connectivity index is 4.33. The molecule has 0 amide bonds. The molecule has 0 bridgehead atoms. The largest absolute Gasteiger partial charge is 0.518 e. The minimum atomic E-state index is -1.92. The third-order valence-corrected chi connectivity index (χ3v) is 6.69. The predicted molar refractivity (Wildman–Crippen MR) is 52.3 cm³/mol. The van der Waals surface area contributed by atoms with Crippen molar-refractivity contribution in [1.29, 1.82) is 0 Å². The Labute approximate surface area is 75.4 Å². The number of hydrogen-bond acceptors (Lipinski definition) is 3. The van der Waals surface area contributed by atoms with E-state index >= 15 is 0 Å². The fourth-order valence-corrected chi connectivity index (χ4v) is 1.44. The lowest BCUT2D eigenvalue weighted by atomic mass is 10.2. The maximum Gasteiger partial charge on any atom is 0.306 e. The summed E-state index contributed by atoms with van der Waals surface area (Å²) >= 11 is 0. The van der Waals surface area contributed by atoms with Crippen LogP contribution in [0.4, 0.5) is 0 Å². The zero-order valence-electron chi connectivity index (χ0n) is 8.60. The van der Waals surface area contributed by atoms with E-state index in [-0.39, 0.29) is 17.6 Å². The minimum absolute atomic E-state index is 0.0213. The van der Waals surface area contributed by atoms with E-state index in [1.807, 2.05) is 13.1 Å². The van der Waals surface area contributed by atoms with Crippen LogP contribution in [0.1, 0.15) is 20.8 Å². The molecular formula is C8H19NO2Si. The summed E-state index contributed by atoms with van der Waals surface area (Å²) in [5.74, 6) is -0.290. The van der Waals surface area contributed by atoms with Gasteiger partial charge >= 0.3 is 5.97 Å². The second-order valence-electron chi connectivity index (χ2n) is 4.44. The Morgan fingerprint density at radius 1 is 1.42 bits per heavy atom. The summed E-state index contributed by atoms with van der Waals surface area (Å²) in [4.78, 5) is 11.0. The summed E-state index contributed by atoms with van der Waals surface area (Å²) in [6.45, 7) is 10.3. The zero-order chi connectivity index (χ0) is 9.99. The van der Waals surface area contributed by atoms with Crippen LogP contribution in [0.5, 0.6) is 0 Å². The molecule has 0 aromatic rings. The molecule has 0 aromatic carbocycles. The van der Waals surface area contributed by atoms with Gasteiger partial charge in [-0.05, 0) is 18.1 Å². The van der Waals surface area contributed by atoms with E-state index in [2.05, 4.69) is 20.8 Å². The van der Waals surface area contributed by atoms with Gasteiger partial charge in [0.15, 0.2) is 0 Å². The molecule has 0 aliphatic carbocycles. The third kappa shape index (κ3) is 2.95. The highest BCUT2D eigenvalue weighted by atomic mass is 28.4. The van der Waals surface area contributed by atoms with Crippen molar-refractivity contribution in [1.82, 2.24) is 0 Å². The van der Waals surface area contributed by atoms with Crippen molar-refractivity contribution in [2.24, 2.45) is 5.73 Å². The Bertz CT molecular complexity index is 172. The van der Waals surface area contributed by atoms with Gasteiger partial charge in [-0.15, -0.1) is 0 Å². The van der Waals surface area contributed by atoms with Gasteiger partial charge in [-0.3, -0.25) is 4.79 Å². The van der Waals surface area contributed by atoms with Crippen LogP contribution in [-0.4, -0.2) is 20.8 Å². The summed E-state index contributed by atoms with van der Waals surface area (Å²) in [5, 5.41) is 0.0673. The SMILES string of the molecule is CC(C)(C)[Si](C)(C)OC(=O)CN. The highest BCUT2D eigenvalue weighted by Gasteiger charge is 2.39. The Hall–Kier alpha value is -0.353. The molecule has 0 heterocycles. The molecule has 0 spiro atoms. The van der Waals surface area contributed by atoms with Crippen molar-refractivity contribution in [2.75, 3.05) is 6.54 Å². The first-order valence-electron chi connectivity index (χ1n) is 4.12. The van der Waals surface area contributed by atoms with Crippen molar-refractivity contribution in [2.45, 2.75) is 38.9 Å². The van der Waals surface area contributed by atoms with Gasteiger partial charge in [-0.2, -0.15) is 0 Å². The molecular weight excluding hydrogens is 170 g/mol. The average Bonchev–Trinajstić information content (AvgIpc) is 1.84. The number of rotatable bonds is 2. The monoisotopic (exact) mass is 189 g/mol. The van der Waals surface area contributed by atoms with E-state index < -0.39 is 8.32 Å². The van der Waals surface area contributed by atoms with Gasteiger partial charge in [0.25, 0.3) is 8.32 Å². The molecule has 72 valence electrons. The van der Waals surface area contributed by atoms with Crippen LogP contribution in [0.25, 0.3) is 0 Å². The van der Waals surface area contributed by atoms with Crippen LogP contribution >= 0.6 is 0 Å². The second kappa shape index (κ2) is 3.58. The molecule has 12 heavy (non-hydrogen) atoms. The van der Waals surface area contributed by atoms with Crippen molar-refractivity contribution in [3.8, 4) is 0 Å². The Kier molecular flexibility index (Phi) is 3.47. The first-order chi connectivity index (χ1) is 5.20. The van der Waals surface area contributed by atoms with Crippen LogP contribution in [0, 0.1) is 0 Å². The smallest absolute Gasteiger partial charge is 0.306 e. The minimum Gasteiger partial charge on any atom is -0.518 e. The lowest BCUT2D eigenvalue weighted by Gasteiger charge is -2.35. The molecule has 0 atom stereocenters. The van der Waals surface area contributed by atoms with Gasteiger partial charge in [0, 0.05) is 0 Å². The topological polar surface area (TPSA) is 52.3 Å². The highest BCUT2D eigenvalue weighted by Crippen LogP contribution is 2.36. The fraction of sp³-hybridized carbons (Fsp3) is 0.875. The second-order valence-corrected chi connectivity index (χ2v) is 9.16. The molecule has 0 saturated carbocycles. The van der Waals surface area contributed by atoms with Crippen LogP contribution in [0.3, 0.4) is 0 Å². The molecule has 0 fully saturated rings. The van der Waals surface area contributed by atoms with Crippen LogP contribution in [-0.2, 0) is 9.22 Å². The quantitative estimate of drug-likeness (QED) is 0.670. The molecule has 0 saturated heterocycles. The first kappa shape index (κ1) is 11.6. The van der Waals surface area contributed by atoms with Gasteiger partial charge in [-0.25, -0.2) is 0 Å². The van der Waals surface area contributed by atoms with E-state index in [1.54, 1.807) is 0 Å².